The van der Waals surface area contributed by atoms with Crippen LogP contribution in [0.5, 0.6) is 11.5 Å². The van der Waals surface area contributed by atoms with Gasteiger partial charge in [-0.15, -0.1) is 0 Å². The number of amides is 1. The molecule has 6 heteroatoms. The Hall–Kier alpha value is -3.35. The van der Waals surface area contributed by atoms with Crippen LogP contribution in [0.1, 0.15) is 43.2 Å². The minimum Gasteiger partial charge on any atom is -0.493 e. The Kier molecular flexibility index (Phi) is 10.3. The Labute approximate surface area is 245 Å². The van der Waals surface area contributed by atoms with Gasteiger partial charge in [-0.05, 0) is 87.3 Å². The minimum atomic E-state index is -0.186. The molecule has 0 radical (unpaired) electrons. The molecule has 2 saturated heterocycles. The second-order valence-corrected chi connectivity index (χ2v) is 11.8. The summed E-state index contributed by atoms with van der Waals surface area (Å²) < 4.78 is 12.4. The van der Waals surface area contributed by atoms with Crippen LogP contribution in [0.15, 0.2) is 84.9 Å². The van der Waals surface area contributed by atoms with Crippen LogP contribution in [0.2, 0.25) is 0 Å². The molecule has 5 rings (SSSR count). The number of nitrogens with zero attached hydrogens (tertiary/aromatic N) is 3. The summed E-state index contributed by atoms with van der Waals surface area (Å²) in [6, 6.07) is 28.7. The van der Waals surface area contributed by atoms with Crippen molar-refractivity contribution in [2.75, 3.05) is 53.0 Å². The summed E-state index contributed by atoms with van der Waals surface area (Å²) >= 11 is 0. The van der Waals surface area contributed by atoms with E-state index >= 15 is 0 Å². The van der Waals surface area contributed by atoms with E-state index in [0.29, 0.717) is 19.6 Å². The van der Waals surface area contributed by atoms with Gasteiger partial charge in [0.25, 0.3) is 0 Å². The molecule has 0 unspecified atom stereocenters. The van der Waals surface area contributed by atoms with Gasteiger partial charge in [-0.3, -0.25) is 14.6 Å². The van der Waals surface area contributed by atoms with E-state index in [1.54, 1.807) is 0 Å². The van der Waals surface area contributed by atoms with Crippen LogP contribution in [-0.2, 0) is 17.9 Å². The summed E-state index contributed by atoms with van der Waals surface area (Å²) in [4.78, 5) is 20.3. The normalized spacial score (nSPS) is 17.3. The van der Waals surface area contributed by atoms with Crippen molar-refractivity contribution in [2.45, 2.75) is 45.2 Å². The molecule has 0 bridgehead atoms. The topological polar surface area (TPSA) is 45.3 Å². The highest BCUT2D eigenvalue weighted by atomic mass is 16.5. The molecule has 2 fully saturated rings. The van der Waals surface area contributed by atoms with Crippen LogP contribution in [0.25, 0.3) is 0 Å². The molecule has 3 aromatic carbocycles. The molecule has 2 aliphatic heterocycles. The van der Waals surface area contributed by atoms with Crippen LogP contribution >= 0.6 is 0 Å². The minimum absolute atomic E-state index is 0.178. The maximum absolute atomic E-state index is 13.5. The number of para-hydroxylation sites is 1. The summed E-state index contributed by atoms with van der Waals surface area (Å²) in [5, 5.41) is 0. The zero-order valence-corrected chi connectivity index (χ0v) is 24.5. The van der Waals surface area contributed by atoms with E-state index in [9.17, 15) is 4.79 Å². The molecule has 0 atom stereocenters. The molecule has 41 heavy (non-hydrogen) atoms. The van der Waals surface area contributed by atoms with Crippen molar-refractivity contribution in [3.63, 3.8) is 0 Å². The van der Waals surface area contributed by atoms with Crippen LogP contribution in [0, 0.1) is 5.41 Å². The molecule has 0 aliphatic carbocycles. The third-order valence-electron chi connectivity index (χ3n) is 8.60. The monoisotopic (exact) mass is 555 g/mol. The third-order valence-corrected chi connectivity index (χ3v) is 8.60. The second-order valence-electron chi connectivity index (χ2n) is 11.8. The van der Waals surface area contributed by atoms with E-state index in [-0.39, 0.29) is 11.3 Å². The molecule has 2 heterocycles. The van der Waals surface area contributed by atoms with Crippen molar-refractivity contribution in [3.05, 3.63) is 96.1 Å². The van der Waals surface area contributed by atoms with Crippen molar-refractivity contribution in [3.8, 4) is 11.5 Å². The Bertz CT molecular complexity index is 1210. The first kappa shape index (κ1) is 29.2. The summed E-state index contributed by atoms with van der Waals surface area (Å²) in [7, 11) is 1.91. The van der Waals surface area contributed by atoms with Gasteiger partial charge >= 0.3 is 0 Å². The Morgan fingerprint density at radius 3 is 2.17 bits per heavy atom. The van der Waals surface area contributed by atoms with Gasteiger partial charge in [0.05, 0.1) is 6.61 Å². The number of hydrogen-bond donors (Lipinski definition) is 0. The van der Waals surface area contributed by atoms with Crippen molar-refractivity contribution >= 4 is 5.91 Å². The molecular formula is C35H45N3O3. The first-order valence-corrected chi connectivity index (χ1v) is 15.2. The Morgan fingerprint density at radius 2 is 1.44 bits per heavy atom. The van der Waals surface area contributed by atoms with Gasteiger partial charge in [-0.1, -0.05) is 60.7 Å². The van der Waals surface area contributed by atoms with Gasteiger partial charge in [0, 0.05) is 38.5 Å². The lowest BCUT2D eigenvalue weighted by Crippen LogP contribution is -2.45. The first-order chi connectivity index (χ1) is 20.1. The molecule has 2 aliphatic rings. The highest BCUT2D eigenvalue weighted by molar-refractivity contribution is 5.76. The van der Waals surface area contributed by atoms with Crippen LogP contribution < -0.4 is 9.47 Å². The van der Waals surface area contributed by atoms with E-state index in [4.69, 9.17) is 9.47 Å². The van der Waals surface area contributed by atoms with Gasteiger partial charge in [0.1, 0.15) is 18.1 Å². The number of ether oxygens (including phenoxy) is 2. The molecule has 3 aromatic rings. The average Bonchev–Trinajstić information content (AvgIpc) is 3.52. The molecular weight excluding hydrogens is 510 g/mol. The van der Waals surface area contributed by atoms with E-state index in [1.165, 1.54) is 31.5 Å². The number of hydrogen-bond acceptors (Lipinski definition) is 5. The predicted molar refractivity (Wildman–Crippen MR) is 164 cm³/mol. The summed E-state index contributed by atoms with van der Waals surface area (Å²) in [6.45, 7) is 8.08. The summed E-state index contributed by atoms with van der Waals surface area (Å²) in [5.74, 6) is 2.00. The summed E-state index contributed by atoms with van der Waals surface area (Å²) in [6.07, 6.45) is 4.97. The van der Waals surface area contributed by atoms with Crippen LogP contribution in [-0.4, -0.2) is 73.6 Å². The number of rotatable bonds is 13. The lowest BCUT2D eigenvalue weighted by Gasteiger charge is -2.42. The SMILES string of the molecule is CN(Cc1ccccc1)C(=O)CC1(COc2ccccc2)CCN(Cc2cccc(OCCN3CCCC3)c2)CC1. The zero-order valence-electron chi connectivity index (χ0n) is 24.5. The zero-order chi connectivity index (χ0) is 28.3. The van der Waals surface area contributed by atoms with Gasteiger partial charge in [0.2, 0.25) is 5.91 Å². The smallest absolute Gasteiger partial charge is 0.223 e. The fourth-order valence-electron chi connectivity index (χ4n) is 6.00. The third kappa shape index (κ3) is 8.82. The Balaban J connectivity index is 1.17. The molecule has 0 aromatic heterocycles. The van der Waals surface area contributed by atoms with Gasteiger partial charge in [-0.2, -0.15) is 0 Å². The van der Waals surface area contributed by atoms with E-state index in [2.05, 4.69) is 46.2 Å². The molecule has 0 saturated carbocycles. The predicted octanol–water partition coefficient (Wildman–Crippen LogP) is 5.87. The van der Waals surface area contributed by atoms with E-state index < -0.39 is 0 Å². The first-order valence-electron chi connectivity index (χ1n) is 15.2. The molecule has 1 amide bonds. The summed E-state index contributed by atoms with van der Waals surface area (Å²) in [5.41, 5.74) is 2.24. The van der Waals surface area contributed by atoms with E-state index in [0.717, 1.165) is 62.7 Å². The quantitative estimate of drug-likeness (QED) is 0.264. The van der Waals surface area contributed by atoms with Crippen LogP contribution in [0.3, 0.4) is 0 Å². The van der Waals surface area contributed by atoms with Crippen molar-refractivity contribution in [1.82, 2.24) is 14.7 Å². The lowest BCUT2D eigenvalue weighted by molar-refractivity contribution is -0.134. The molecule has 0 spiro atoms. The molecule has 6 nitrogen and oxygen atoms in total. The van der Waals surface area contributed by atoms with Gasteiger partial charge in [-0.25, -0.2) is 0 Å². The molecule has 0 N–H and O–H groups in total. The fourth-order valence-corrected chi connectivity index (χ4v) is 6.00. The number of carbonyl (C=O) groups excluding carboxylic acids is 1. The van der Waals surface area contributed by atoms with E-state index in [1.807, 2.05) is 60.5 Å². The maximum atomic E-state index is 13.5. The van der Waals surface area contributed by atoms with Crippen molar-refractivity contribution in [2.24, 2.45) is 5.41 Å². The van der Waals surface area contributed by atoms with Gasteiger partial charge < -0.3 is 14.4 Å². The highest BCUT2D eigenvalue weighted by Crippen LogP contribution is 2.37. The number of benzene rings is 3. The lowest BCUT2D eigenvalue weighted by atomic mass is 9.75. The fraction of sp³-hybridized carbons (Fsp3) is 0.457. The van der Waals surface area contributed by atoms with Crippen molar-refractivity contribution in [1.29, 1.82) is 0 Å². The average molecular weight is 556 g/mol. The largest absolute Gasteiger partial charge is 0.493 e. The standard InChI is InChI=1S/C35H45N3O3/c1-36(27-30-11-4-2-5-12-30)34(39)26-35(29-41-32-14-6-3-7-15-32)17-21-38(22-18-35)28-31-13-10-16-33(25-31)40-24-23-37-19-8-9-20-37/h2-7,10-16,25H,8-9,17-24,26-29H2,1H3. The Morgan fingerprint density at radius 1 is 0.780 bits per heavy atom. The number of piperidine rings is 1. The number of likely N-dealkylation sites (tertiary alicyclic amines) is 2. The second kappa shape index (κ2) is 14.5. The van der Waals surface area contributed by atoms with Crippen LogP contribution in [0.4, 0.5) is 0 Å². The van der Waals surface area contributed by atoms with Crippen molar-refractivity contribution < 1.29 is 14.3 Å². The highest BCUT2D eigenvalue weighted by Gasteiger charge is 2.38. The van der Waals surface area contributed by atoms with Gasteiger partial charge in [0.15, 0.2) is 0 Å². The number of carbonyl (C=O) groups is 1. The maximum Gasteiger partial charge on any atom is 0.223 e. The molecule has 218 valence electrons.